The second-order valence-electron chi connectivity index (χ2n) is 4.18. The van der Waals surface area contributed by atoms with Crippen LogP contribution in [-0.4, -0.2) is 6.03 Å². The molecule has 0 unspecified atom stereocenters. The van der Waals surface area contributed by atoms with Crippen molar-refractivity contribution in [1.82, 2.24) is 0 Å². The van der Waals surface area contributed by atoms with Gasteiger partial charge in [0.05, 0.1) is 5.69 Å². The summed E-state index contributed by atoms with van der Waals surface area (Å²) in [5.74, 6) is -0.570. The van der Waals surface area contributed by atoms with E-state index in [0.717, 1.165) is 11.6 Å². The molecule has 2 aromatic rings. The molecular formula is C14H14FN3O. The van der Waals surface area contributed by atoms with Gasteiger partial charge in [-0.05, 0) is 37.3 Å². The van der Waals surface area contributed by atoms with E-state index >= 15 is 0 Å². The minimum Gasteiger partial charge on any atom is -0.399 e. The molecule has 0 fully saturated rings. The Balaban J connectivity index is 2.03. The molecule has 0 aliphatic carbocycles. The molecule has 19 heavy (non-hydrogen) atoms. The van der Waals surface area contributed by atoms with Gasteiger partial charge in [0.25, 0.3) is 0 Å². The first-order valence-corrected chi connectivity index (χ1v) is 5.74. The van der Waals surface area contributed by atoms with Gasteiger partial charge in [0, 0.05) is 11.4 Å². The van der Waals surface area contributed by atoms with Gasteiger partial charge >= 0.3 is 6.03 Å². The number of nitrogens with two attached hydrogens (primary N) is 1. The third-order valence-corrected chi connectivity index (χ3v) is 2.55. The lowest BCUT2D eigenvalue weighted by molar-refractivity contribution is 0.262. The van der Waals surface area contributed by atoms with Crippen LogP contribution in [0.5, 0.6) is 0 Å². The van der Waals surface area contributed by atoms with Crippen molar-refractivity contribution in [3.63, 3.8) is 0 Å². The van der Waals surface area contributed by atoms with Gasteiger partial charge in [-0.15, -0.1) is 0 Å². The van der Waals surface area contributed by atoms with Gasteiger partial charge in [0.1, 0.15) is 5.82 Å². The molecule has 0 saturated heterocycles. The molecule has 2 rings (SSSR count). The standard InChI is InChI=1S/C14H14FN3O/c1-9-2-5-11(6-3-9)17-14(19)18-13-7-4-10(16)8-12(13)15/h2-8H,16H2,1H3,(H2,17,18,19). The predicted octanol–water partition coefficient (Wildman–Crippen LogP) is 3.36. The number of urea groups is 1. The van der Waals surface area contributed by atoms with Crippen molar-refractivity contribution in [1.29, 1.82) is 0 Å². The van der Waals surface area contributed by atoms with Crippen LogP contribution < -0.4 is 16.4 Å². The summed E-state index contributed by atoms with van der Waals surface area (Å²) in [6.45, 7) is 1.95. The van der Waals surface area contributed by atoms with Gasteiger partial charge in [0.2, 0.25) is 0 Å². The van der Waals surface area contributed by atoms with Crippen LogP contribution in [-0.2, 0) is 0 Å². The van der Waals surface area contributed by atoms with Gasteiger partial charge < -0.3 is 16.4 Å². The number of aryl methyl sites for hydroxylation is 1. The summed E-state index contributed by atoms with van der Waals surface area (Å²) in [4.78, 5) is 11.7. The maximum absolute atomic E-state index is 13.5. The Morgan fingerprint density at radius 2 is 1.79 bits per heavy atom. The number of anilines is 3. The third kappa shape index (κ3) is 3.45. The van der Waals surface area contributed by atoms with Gasteiger partial charge in [0.15, 0.2) is 0 Å². The number of halogens is 1. The first-order valence-electron chi connectivity index (χ1n) is 5.74. The summed E-state index contributed by atoms with van der Waals surface area (Å²) >= 11 is 0. The first kappa shape index (κ1) is 12.9. The average molecular weight is 259 g/mol. The largest absolute Gasteiger partial charge is 0.399 e. The van der Waals surface area contributed by atoms with Crippen LogP contribution in [0.25, 0.3) is 0 Å². The topological polar surface area (TPSA) is 67.2 Å². The molecular weight excluding hydrogens is 245 g/mol. The van der Waals surface area contributed by atoms with Crippen LogP contribution in [0.2, 0.25) is 0 Å². The maximum Gasteiger partial charge on any atom is 0.323 e. The Bertz CT molecular complexity index is 596. The summed E-state index contributed by atoms with van der Waals surface area (Å²) in [7, 11) is 0. The van der Waals surface area contributed by atoms with Crippen molar-refractivity contribution in [2.45, 2.75) is 6.92 Å². The number of hydrogen-bond donors (Lipinski definition) is 3. The van der Waals surface area contributed by atoms with E-state index in [2.05, 4.69) is 10.6 Å². The highest BCUT2D eigenvalue weighted by Crippen LogP contribution is 2.17. The van der Waals surface area contributed by atoms with Gasteiger partial charge in [-0.1, -0.05) is 17.7 Å². The molecule has 0 heterocycles. The van der Waals surface area contributed by atoms with Crippen molar-refractivity contribution < 1.29 is 9.18 Å². The minimum absolute atomic E-state index is 0.0822. The van der Waals surface area contributed by atoms with E-state index in [4.69, 9.17) is 5.73 Å². The second kappa shape index (κ2) is 5.39. The molecule has 0 atom stereocenters. The molecule has 2 aromatic carbocycles. The number of rotatable bonds is 2. The smallest absolute Gasteiger partial charge is 0.323 e. The van der Waals surface area contributed by atoms with E-state index in [1.54, 1.807) is 12.1 Å². The fraction of sp³-hybridized carbons (Fsp3) is 0.0714. The number of nitrogens with one attached hydrogen (secondary N) is 2. The number of benzene rings is 2. The molecule has 0 radical (unpaired) electrons. The SMILES string of the molecule is Cc1ccc(NC(=O)Nc2ccc(N)cc2F)cc1. The van der Waals surface area contributed by atoms with Crippen LogP contribution in [0, 0.1) is 12.7 Å². The monoisotopic (exact) mass is 259 g/mol. The Morgan fingerprint density at radius 1 is 1.11 bits per heavy atom. The zero-order chi connectivity index (χ0) is 13.8. The molecule has 5 heteroatoms. The highest BCUT2D eigenvalue weighted by Gasteiger charge is 2.07. The summed E-state index contributed by atoms with van der Waals surface area (Å²) in [6, 6.07) is 10.9. The lowest BCUT2D eigenvalue weighted by Gasteiger charge is -2.09. The molecule has 0 aromatic heterocycles. The fourth-order valence-corrected chi connectivity index (χ4v) is 1.55. The van der Waals surface area contributed by atoms with Crippen LogP contribution in [0.4, 0.5) is 26.2 Å². The van der Waals surface area contributed by atoms with Gasteiger partial charge in [-0.3, -0.25) is 0 Å². The fourth-order valence-electron chi connectivity index (χ4n) is 1.55. The van der Waals surface area contributed by atoms with Crippen molar-refractivity contribution in [3.05, 3.63) is 53.8 Å². The summed E-state index contributed by atoms with van der Waals surface area (Å²) in [5, 5.41) is 5.03. The van der Waals surface area contributed by atoms with E-state index in [9.17, 15) is 9.18 Å². The molecule has 98 valence electrons. The van der Waals surface area contributed by atoms with Crippen molar-refractivity contribution in [2.24, 2.45) is 0 Å². The first-order chi connectivity index (χ1) is 9.04. The molecule has 0 aliphatic rings. The number of amides is 2. The van der Waals surface area contributed by atoms with Gasteiger partial charge in [-0.25, -0.2) is 9.18 Å². The van der Waals surface area contributed by atoms with E-state index < -0.39 is 11.8 Å². The van der Waals surface area contributed by atoms with Crippen molar-refractivity contribution in [2.75, 3.05) is 16.4 Å². The number of carbonyl (C=O) groups is 1. The molecule has 4 nitrogen and oxygen atoms in total. The predicted molar refractivity (Wildman–Crippen MR) is 74.6 cm³/mol. The van der Waals surface area contributed by atoms with Crippen molar-refractivity contribution >= 4 is 23.1 Å². The average Bonchev–Trinajstić information content (AvgIpc) is 2.36. The van der Waals surface area contributed by atoms with Crippen LogP contribution in [0.1, 0.15) is 5.56 Å². The van der Waals surface area contributed by atoms with Crippen LogP contribution >= 0.6 is 0 Å². The summed E-state index contributed by atoms with van der Waals surface area (Å²) < 4.78 is 13.5. The number of carbonyl (C=O) groups excluding carboxylic acids is 1. The minimum atomic E-state index is -0.570. The molecule has 4 N–H and O–H groups in total. The van der Waals surface area contributed by atoms with Gasteiger partial charge in [-0.2, -0.15) is 0 Å². The second-order valence-corrected chi connectivity index (χ2v) is 4.18. The lowest BCUT2D eigenvalue weighted by Crippen LogP contribution is -2.20. The Labute approximate surface area is 110 Å². The summed E-state index contributed by atoms with van der Waals surface area (Å²) in [6.07, 6.45) is 0. The Hall–Kier alpha value is -2.56. The van der Waals surface area contributed by atoms with E-state index in [0.29, 0.717) is 11.4 Å². The van der Waals surface area contributed by atoms with Crippen LogP contribution in [0.15, 0.2) is 42.5 Å². The van der Waals surface area contributed by atoms with Crippen molar-refractivity contribution in [3.8, 4) is 0 Å². The molecule has 0 bridgehead atoms. The third-order valence-electron chi connectivity index (χ3n) is 2.55. The van der Waals surface area contributed by atoms with E-state index in [1.807, 2.05) is 19.1 Å². The van der Waals surface area contributed by atoms with E-state index in [-0.39, 0.29) is 5.69 Å². The Kier molecular flexibility index (Phi) is 3.66. The normalized spacial score (nSPS) is 10.0. The van der Waals surface area contributed by atoms with E-state index in [1.165, 1.54) is 12.1 Å². The zero-order valence-electron chi connectivity index (χ0n) is 10.4. The highest BCUT2D eigenvalue weighted by atomic mass is 19.1. The molecule has 0 spiro atoms. The number of hydrogen-bond acceptors (Lipinski definition) is 2. The molecule has 2 amide bonds. The molecule has 0 aliphatic heterocycles. The van der Waals surface area contributed by atoms with Crippen LogP contribution in [0.3, 0.4) is 0 Å². The highest BCUT2D eigenvalue weighted by molar-refractivity contribution is 5.99. The maximum atomic E-state index is 13.5. The summed E-state index contributed by atoms with van der Waals surface area (Å²) in [5.41, 5.74) is 7.55. The molecule has 0 saturated carbocycles. The quantitative estimate of drug-likeness (QED) is 0.724. The Morgan fingerprint density at radius 3 is 2.42 bits per heavy atom. The number of nitrogen functional groups attached to an aromatic ring is 1. The lowest BCUT2D eigenvalue weighted by atomic mass is 10.2. The zero-order valence-corrected chi connectivity index (χ0v) is 10.4.